The van der Waals surface area contributed by atoms with Crippen LogP contribution in [0.5, 0.6) is 0 Å². The third-order valence-corrected chi connectivity index (χ3v) is 12.4. The Kier molecular flexibility index (Phi) is 4.50. The summed E-state index contributed by atoms with van der Waals surface area (Å²) in [7, 11) is 0. The second-order valence-corrected chi connectivity index (χ2v) is 15.6. The van der Waals surface area contributed by atoms with Crippen molar-refractivity contribution in [2.24, 2.45) is 0 Å². The minimum Gasteiger partial charge on any atom is -0.254 e. The number of thiophene rings is 1. The van der Waals surface area contributed by atoms with E-state index >= 15 is 0 Å². The molecule has 0 bridgehead atoms. The van der Waals surface area contributed by atoms with Crippen LogP contribution in [0.3, 0.4) is 0 Å². The zero-order valence-corrected chi connectivity index (χ0v) is 33.1. The largest absolute Gasteiger partial charge is 0.254 e. The Morgan fingerprint density at radius 1 is 0.365 bits per heavy atom. The van der Waals surface area contributed by atoms with Gasteiger partial charge in [-0.15, -0.1) is 11.3 Å². The maximum Gasteiger partial charge on any atom is 0.0972 e. The molecule has 10 aromatic carbocycles. The number of hydrogen-bond donors (Lipinski definition) is 0. The van der Waals surface area contributed by atoms with Gasteiger partial charge in [-0.2, -0.15) is 0 Å². The number of benzene rings is 10. The molecule has 3 aromatic heterocycles. The molecule has 2 nitrogen and oxygen atoms in total. The van der Waals surface area contributed by atoms with E-state index in [0.717, 1.165) is 10.8 Å². The highest BCUT2D eigenvalue weighted by Crippen LogP contribution is 2.54. The molecule has 0 N–H and O–H groups in total. The van der Waals surface area contributed by atoms with Crippen molar-refractivity contribution in [2.45, 2.75) is 0 Å². The third kappa shape index (κ3) is 5.71. The minimum atomic E-state index is -0.945. The molecule has 0 radical (unpaired) electrons. The molecule has 0 fully saturated rings. The van der Waals surface area contributed by atoms with Gasteiger partial charge in [0, 0.05) is 49.0 Å². The molecular formula is C60H36N2S. The second-order valence-electron chi connectivity index (χ2n) is 14.6. The Labute approximate surface area is 400 Å². The van der Waals surface area contributed by atoms with E-state index in [2.05, 4.69) is 4.98 Å². The summed E-state index contributed by atoms with van der Waals surface area (Å²) in [6.45, 7) is 0. The lowest BCUT2D eigenvalue weighted by Crippen LogP contribution is -1.91. The lowest BCUT2D eigenvalue weighted by molar-refractivity contribution is 1.37. The fourth-order valence-electron chi connectivity index (χ4n) is 8.42. The predicted molar refractivity (Wildman–Crippen MR) is 269 cm³/mol. The minimum absolute atomic E-state index is 0.195. The molecule has 0 amide bonds. The summed E-state index contributed by atoms with van der Waals surface area (Å²) >= 11 is 0.457. The van der Waals surface area contributed by atoms with E-state index in [1.165, 1.54) is 0 Å². The first-order valence-electron chi connectivity index (χ1n) is 31.1. The molecule has 0 saturated carbocycles. The quantitative estimate of drug-likeness (QED) is 0.156. The first-order chi connectivity index (χ1) is 40.8. The SMILES string of the molecule is [2H]c1c([2H])c([2H])c(-c2c(-c3c([2H])c([2H])c(-c4ccc(-c5ccc6ccc7cccnc7c6n5)c5ccccc45)c([2H])c3[2H])sc(-c3c([2H])c([2H])c4c([2H])c([2H])c5c([2H])c([2H])c([2H])c6c([2H])c([2H])c3c4c56)c2-c2c([2H])c([2H])c([2H])c([2H])c2[2H])c([2H])c1[2H]. The average molecular weight is 840 g/mol. The van der Waals surface area contributed by atoms with E-state index in [4.69, 9.17) is 18.7 Å². The predicted octanol–water partition coefficient (Wildman–Crippen LogP) is 16.9. The molecule has 13 aromatic rings. The van der Waals surface area contributed by atoms with Gasteiger partial charge >= 0.3 is 0 Å². The van der Waals surface area contributed by atoms with Crippen molar-refractivity contribution in [3.8, 4) is 65.5 Å². The molecule has 3 heterocycles. The molecule has 0 aliphatic heterocycles. The van der Waals surface area contributed by atoms with Gasteiger partial charge < -0.3 is 0 Å². The van der Waals surface area contributed by atoms with E-state index in [1.54, 1.807) is 36.5 Å². The van der Waals surface area contributed by atoms with Gasteiger partial charge in [0.05, 0.1) is 48.3 Å². The van der Waals surface area contributed by atoms with E-state index in [-0.39, 0.29) is 21.9 Å². The van der Waals surface area contributed by atoms with Gasteiger partial charge in [-0.05, 0) is 83.0 Å². The molecule has 0 unspecified atom stereocenters. The van der Waals surface area contributed by atoms with Gasteiger partial charge in [0.1, 0.15) is 0 Å². The molecule has 0 aliphatic rings. The second kappa shape index (κ2) is 14.3. The van der Waals surface area contributed by atoms with Crippen molar-refractivity contribution >= 4 is 76.2 Å². The van der Waals surface area contributed by atoms with Crippen LogP contribution in [0.4, 0.5) is 0 Å². The van der Waals surface area contributed by atoms with E-state index < -0.39 is 204 Å². The van der Waals surface area contributed by atoms with Crippen LogP contribution < -0.4 is 0 Å². The maximum atomic E-state index is 9.99. The topological polar surface area (TPSA) is 25.8 Å². The van der Waals surface area contributed by atoms with Gasteiger partial charge in [0.15, 0.2) is 0 Å². The molecule has 292 valence electrons. The average Bonchev–Trinajstić information content (AvgIpc) is 1.04. The Balaban J connectivity index is 1.18. The van der Waals surface area contributed by atoms with Crippen LogP contribution in [0, 0.1) is 0 Å². The molecule has 0 spiro atoms. The van der Waals surface area contributed by atoms with Crippen molar-refractivity contribution in [1.82, 2.24) is 9.97 Å². The van der Waals surface area contributed by atoms with Crippen molar-refractivity contribution in [3.05, 3.63) is 218 Å². The molecular weight excluding hydrogens is 781 g/mol. The highest BCUT2D eigenvalue weighted by atomic mass is 32.1. The Hall–Kier alpha value is -7.98. The van der Waals surface area contributed by atoms with Crippen molar-refractivity contribution in [1.29, 1.82) is 0 Å². The molecule has 3 heteroatoms. The standard InChI is InChI=1S/C60H36N2S/c1-3-11-38(12-4-1)55-56(39-13-5-2-6-14-39)60(51-32-29-42-23-22-40-15-9-16-41-28-31-50(51)54(42)53(40)41)63-59(55)45-26-20-37(21-27-45)46-33-34-49(48-19-8-7-18-47(46)48)52-35-30-44-25-24-43-17-10-36-61-57(43)58(44)62-52/h1-36H/i1D,2D,3D,4D,5D,6D,9D,11D,12D,13D,14D,15D,16D,20D,21D,22D,23D,26D,27D,28D,29D,31D,32D. The molecule has 0 atom stereocenters. The molecule has 0 aliphatic carbocycles. The number of aromatic nitrogens is 2. The van der Waals surface area contributed by atoms with Crippen LogP contribution in [0.15, 0.2) is 218 Å². The van der Waals surface area contributed by atoms with E-state index in [1.807, 2.05) is 42.5 Å². The van der Waals surface area contributed by atoms with E-state index in [9.17, 15) is 17.8 Å². The Morgan fingerprint density at radius 3 is 1.71 bits per heavy atom. The molecule has 0 saturated heterocycles. The first-order valence-corrected chi connectivity index (χ1v) is 20.4. The Bertz CT molecular complexity index is 5180. The zero-order chi connectivity index (χ0) is 61.4. The number of rotatable bonds is 6. The monoisotopic (exact) mass is 839 g/mol. The highest BCUT2D eigenvalue weighted by Gasteiger charge is 2.25. The summed E-state index contributed by atoms with van der Waals surface area (Å²) in [5.74, 6) is 0. The third-order valence-electron chi connectivity index (χ3n) is 11.2. The van der Waals surface area contributed by atoms with Gasteiger partial charge in [0.2, 0.25) is 0 Å². The summed E-state index contributed by atoms with van der Waals surface area (Å²) in [5, 5.41) is 0.568. The van der Waals surface area contributed by atoms with Crippen LogP contribution >= 0.6 is 11.3 Å². The van der Waals surface area contributed by atoms with Crippen LogP contribution in [0.25, 0.3) is 130 Å². The lowest BCUT2D eigenvalue weighted by Gasteiger charge is -2.15. The number of fused-ring (bicyclic) bond motifs is 4. The van der Waals surface area contributed by atoms with Gasteiger partial charge in [-0.1, -0.05) is 200 Å². The number of hydrogen-bond acceptors (Lipinski definition) is 3. The Morgan fingerprint density at radius 2 is 0.968 bits per heavy atom. The molecule has 63 heavy (non-hydrogen) atoms. The summed E-state index contributed by atoms with van der Waals surface area (Å²) in [6, 6.07) is 3.07. The summed E-state index contributed by atoms with van der Waals surface area (Å²) in [6.07, 6.45) is 1.68. The van der Waals surface area contributed by atoms with Crippen LogP contribution in [-0.4, -0.2) is 9.97 Å². The van der Waals surface area contributed by atoms with Crippen LogP contribution in [-0.2, 0) is 0 Å². The van der Waals surface area contributed by atoms with Crippen molar-refractivity contribution in [3.63, 3.8) is 0 Å². The summed E-state index contributed by atoms with van der Waals surface area (Å²) in [5.41, 5.74) is -1.19. The highest BCUT2D eigenvalue weighted by molar-refractivity contribution is 7.20. The maximum absolute atomic E-state index is 9.99. The summed E-state index contributed by atoms with van der Waals surface area (Å²) in [4.78, 5) is 8.73. The van der Waals surface area contributed by atoms with Gasteiger partial charge in [-0.3, -0.25) is 4.98 Å². The lowest BCUT2D eigenvalue weighted by atomic mass is 9.88. The van der Waals surface area contributed by atoms with Gasteiger partial charge in [0.25, 0.3) is 0 Å². The smallest absolute Gasteiger partial charge is 0.0972 e. The zero-order valence-electron chi connectivity index (χ0n) is 55.3. The van der Waals surface area contributed by atoms with Gasteiger partial charge in [-0.25, -0.2) is 4.98 Å². The first kappa shape index (κ1) is 19.8. The fourth-order valence-corrected chi connectivity index (χ4v) is 9.69. The van der Waals surface area contributed by atoms with Crippen molar-refractivity contribution < 1.29 is 31.5 Å². The van der Waals surface area contributed by atoms with Crippen LogP contribution in [0.2, 0.25) is 0 Å². The summed E-state index contributed by atoms with van der Waals surface area (Å²) < 4.78 is 214. The number of nitrogens with zero attached hydrogens (tertiary/aromatic N) is 2. The number of pyridine rings is 2. The van der Waals surface area contributed by atoms with Crippen LogP contribution in [0.1, 0.15) is 31.5 Å². The molecule has 13 rings (SSSR count). The van der Waals surface area contributed by atoms with E-state index in [0.29, 0.717) is 44.4 Å². The fraction of sp³-hybridized carbons (Fsp3) is 0. The normalized spacial score (nSPS) is 16.9. The van der Waals surface area contributed by atoms with Crippen molar-refractivity contribution in [2.75, 3.05) is 0 Å².